The number of carboxylic acids is 1. The van der Waals surface area contributed by atoms with Crippen molar-refractivity contribution in [1.29, 1.82) is 0 Å². The molecule has 1 aliphatic heterocycles. The van der Waals surface area contributed by atoms with Crippen LogP contribution in [-0.4, -0.2) is 58.1 Å². The zero-order valence-corrected chi connectivity index (χ0v) is 24.7. The second-order valence-corrected chi connectivity index (χ2v) is 12.4. The van der Waals surface area contributed by atoms with Crippen molar-refractivity contribution in [2.24, 2.45) is 11.8 Å². The van der Waals surface area contributed by atoms with Crippen LogP contribution in [0.15, 0.2) is 41.3 Å². The van der Waals surface area contributed by atoms with Gasteiger partial charge in [0, 0.05) is 28.9 Å². The molecule has 3 amide bonds. The molecular formula is C29H33N3O7S2. The first kappa shape index (κ1) is 30.3. The van der Waals surface area contributed by atoms with Gasteiger partial charge in [-0.15, -0.1) is 23.1 Å². The Morgan fingerprint density at radius 3 is 2.56 bits per heavy atom. The van der Waals surface area contributed by atoms with Crippen LogP contribution in [0.5, 0.6) is 0 Å². The molecule has 3 atom stereocenters. The average molecular weight is 600 g/mol. The summed E-state index contributed by atoms with van der Waals surface area (Å²) >= 11 is 2.57. The van der Waals surface area contributed by atoms with E-state index < -0.39 is 29.0 Å². The number of benzene rings is 1. The molecule has 4 rings (SSSR count). The minimum atomic E-state index is -0.993. The summed E-state index contributed by atoms with van der Waals surface area (Å²) in [6.45, 7) is 6.04. The Morgan fingerprint density at radius 1 is 1.15 bits per heavy atom. The molecule has 0 radical (unpaired) electrons. The number of carbonyl (C=O) groups excluding carboxylic acids is 4. The molecule has 0 spiro atoms. The van der Waals surface area contributed by atoms with E-state index in [2.05, 4.69) is 10.6 Å². The molecule has 0 fully saturated rings. The van der Waals surface area contributed by atoms with E-state index in [-0.39, 0.29) is 24.3 Å². The summed E-state index contributed by atoms with van der Waals surface area (Å²) in [6.07, 6.45) is 4.79. The number of carbonyl (C=O) groups is 5. The van der Waals surface area contributed by atoms with Gasteiger partial charge in [0.05, 0.1) is 35.8 Å². The topological polar surface area (TPSA) is 142 Å². The van der Waals surface area contributed by atoms with Gasteiger partial charge in [-0.25, -0.2) is 4.79 Å². The highest BCUT2D eigenvalue weighted by atomic mass is 32.2. The lowest BCUT2D eigenvalue weighted by Gasteiger charge is -2.25. The Bertz CT molecular complexity index is 1390. The van der Waals surface area contributed by atoms with Crippen LogP contribution in [0.25, 0.3) is 0 Å². The molecule has 10 nitrogen and oxygen atoms in total. The van der Waals surface area contributed by atoms with Gasteiger partial charge >= 0.3 is 11.9 Å². The Hall–Kier alpha value is -3.64. The first-order valence-electron chi connectivity index (χ1n) is 13.4. The fourth-order valence-corrected chi connectivity index (χ4v) is 7.09. The highest BCUT2D eigenvalue weighted by Crippen LogP contribution is 2.38. The van der Waals surface area contributed by atoms with Gasteiger partial charge in [0.2, 0.25) is 17.7 Å². The molecule has 2 aliphatic rings. The minimum Gasteiger partial charge on any atom is -0.481 e. The largest absolute Gasteiger partial charge is 0.481 e. The molecule has 0 saturated carbocycles. The summed E-state index contributed by atoms with van der Waals surface area (Å²) < 4.78 is 5.27. The molecule has 2 heterocycles. The van der Waals surface area contributed by atoms with Gasteiger partial charge in [-0.2, -0.15) is 0 Å². The van der Waals surface area contributed by atoms with E-state index in [1.807, 2.05) is 12.1 Å². The predicted octanol–water partition coefficient (Wildman–Crippen LogP) is 4.55. The fourth-order valence-electron chi connectivity index (χ4n) is 4.91. The number of hydrogen-bond donors (Lipinski definition) is 3. The van der Waals surface area contributed by atoms with E-state index in [0.29, 0.717) is 48.6 Å². The zero-order chi connectivity index (χ0) is 29.7. The lowest BCUT2D eigenvalue weighted by Crippen LogP contribution is -2.34. The van der Waals surface area contributed by atoms with Gasteiger partial charge in [0.1, 0.15) is 5.00 Å². The van der Waals surface area contributed by atoms with E-state index in [1.54, 1.807) is 43.0 Å². The summed E-state index contributed by atoms with van der Waals surface area (Å²) in [5.41, 5.74) is 1.67. The van der Waals surface area contributed by atoms with Gasteiger partial charge < -0.3 is 25.4 Å². The smallest absolute Gasteiger partial charge is 0.341 e. The maximum atomic E-state index is 13.2. The van der Waals surface area contributed by atoms with Crippen molar-refractivity contribution >= 4 is 63.4 Å². The SMILES string of the molecule is CCOC(=O)c1c(NC(=O)C(C)Sc2cccc(NC(=O)C3CC=CCC3C(=O)O)c2)sc2c1CCN(C(C)=O)C2. The highest BCUT2D eigenvalue weighted by Gasteiger charge is 2.34. The van der Waals surface area contributed by atoms with Crippen molar-refractivity contribution in [2.75, 3.05) is 23.8 Å². The molecular weight excluding hydrogens is 566 g/mol. The van der Waals surface area contributed by atoms with Crippen LogP contribution in [0.2, 0.25) is 0 Å². The van der Waals surface area contributed by atoms with E-state index in [0.717, 1.165) is 15.3 Å². The molecule has 41 heavy (non-hydrogen) atoms. The number of amides is 3. The van der Waals surface area contributed by atoms with Gasteiger partial charge in [-0.1, -0.05) is 18.2 Å². The maximum absolute atomic E-state index is 13.2. The Kier molecular flexibility index (Phi) is 9.87. The van der Waals surface area contributed by atoms with Crippen LogP contribution in [-0.2, 0) is 36.9 Å². The lowest BCUT2D eigenvalue weighted by atomic mass is 9.82. The van der Waals surface area contributed by atoms with Crippen molar-refractivity contribution < 1.29 is 33.8 Å². The fraction of sp³-hybridized carbons (Fsp3) is 0.414. The summed E-state index contributed by atoms with van der Waals surface area (Å²) in [7, 11) is 0. The average Bonchev–Trinajstić information content (AvgIpc) is 3.30. The van der Waals surface area contributed by atoms with Gasteiger partial charge in [-0.3, -0.25) is 19.2 Å². The van der Waals surface area contributed by atoms with Crippen molar-refractivity contribution in [3.05, 3.63) is 52.4 Å². The second-order valence-electron chi connectivity index (χ2n) is 9.88. The van der Waals surface area contributed by atoms with Crippen molar-refractivity contribution in [3.63, 3.8) is 0 Å². The number of aliphatic carboxylic acids is 1. The van der Waals surface area contributed by atoms with Gasteiger partial charge in [0.15, 0.2) is 0 Å². The quantitative estimate of drug-likeness (QED) is 0.216. The van der Waals surface area contributed by atoms with Crippen molar-refractivity contribution in [2.45, 2.75) is 56.7 Å². The van der Waals surface area contributed by atoms with Gasteiger partial charge in [0.25, 0.3) is 0 Å². The Labute approximate surface area is 246 Å². The number of rotatable bonds is 9. The van der Waals surface area contributed by atoms with Crippen LogP contribution in [0.4, 0.5) is 10.7 Å². The molecule has 0 saturated heterocycles. The number of thiophene rings is 1. The summed E-state index contributed by atoms with van der Waals surface area (Å²) in [5.74, 6) is -3.64. The first-order chi connectivity index (χ1) is 19.6. The second kappa shape index (κ2) is 13.3. The lowest BCUT2D eigenvalue weighted by molar-refractivity contribution is -0.146. The maximum Gasteiger partial charge on any atom is 0.341 e. The molecule has 218 valence electrons. The number of hydrogen-bond acceptors (Lipinski definition) is 8. The number of nitrogens with zero attached hydrogens (tertiary/aromatic N) is 1. The number of ether oxygens (including phenoxy) is 1. The van der Waals surface area contributed by atoms with E-state index >= 15 is 0 Å². The number of anilines is 2. The third kappa shape index (κ3) is 7.17. The van der Waals surface area contributed by atoms with Crippen LogP contribution in [0.3, 0.4) is 0 Å². The number of fused-ring (bicyclic) bond motifs is 1. The molecule has 12 heteroatoms. The van der Waals surface area contributed by atoms with Crippen molar-refractivity contribution in [1.82, 2.24) is 4.90 Å². The normalized spacial score (nSPS) is 18.7. The minimum absolute atomic E-state index is 0.0481. The third-order valence-corrected chi connectivity index (χ3v) is 9.31. The zero-order valence-electron chi connectivity index (χ0n) is 23.1. The summed E-state index contributed by atoms with van der Waals surface area (Å²) in [5, 5.41) is 15.1. The van der Waals surface area contributed by atoms with Crippen LogP contribution >= 0.6 is 23.1 Å². The first-order valence-corrected chi connectivity index (χ1v) is 15.1. The number of carboxylic acid groups (broad SMARTS) is 1. The molecule has 3 unspecified atom stereocenters. The number of nitrogens with one attached hydrogen (secondary N) is 2. The standard InChI is InChI=1S/C29H33N3O7S2/c1-4-39-29(38)24-22-12-13-32(17(3)33)15-23(22)41-27(24)31-25(34)16(2)40-19-9-7-8-18(14-19)30-26(35)20-10-5-6-11-21(20)28(36)37/h5-9,14,16,20-21H,4,10-13,15H2,1-3H3,(H,30,35)(H,31,34)(H,36,37). The molecule has 1 aromatic heterocycles. The highest BCUT2D eigenvalue weighted by molar-refractivity contribution is 8.00. The van der Waals surface area contributed by atoms with E-state index in [4.69, 9.17) is 4.74 Å². The molecule has 1 aromatic carbocycles. The van der Waals surface area contributed by atoms with Crippen molar-refractivity contribution in [3.8, 4) is 0 Å². The predicted molar refractivity (Wildman–Crippen MR) is 157 cm³/mol. The Balaban J connectivity index is 1.45. The molecule has 2 aromatic rings. The van der Waals surface area contributed by atoms with Gasteiger partial charge in [-0.05, 0) is 56.9 Å². The molecule has 3 N–H and O–H groups in total. The molecule has 0 bridgehead atoms. The number of thioether (sulfide) groups is 1. The van der Waals surface area contributed by atoms with Crippen LogP contribution < -0.4 is 10.6 Å². The van der Waals surface area contributed by atoms with E-state index in [9.17, 15) is 29.1 Å². The third-order valence-electron chi connectivity index (χ3n) is 7.09. The number of allylic oxidation sites excluding steroid dienone is 2. The Morgan fingerprint density at radius 2 is 1.88 bits per heavy atom. The number of esters is 1. The summed E-state index contributed by atoms with van der Waals surface area (Å²) in [4.78, 5) is 65.7. The summed E-state index contributed by atoms with van der Waals surface area (Å²) in [6, 6.07) is 7.03. The van der Waals surface area contributed by atoms with Crippen LogP contribution in [0.1, 0.15) is 54.4 Å². The van der Waals surface area contributed by atoms with E-state index in [1.165, 1.54) is 30.0 Å². The van der Waals surface area contributed by atoms with Crippen LogP contribution in [0, 0.1) is 11.8 Å². The molecule has 1 aliphatic carbocycles. The monoisotopic (exact) mass is 599 g/mol.